The molecule has 0 fully saturated rings. The molecule has 0 atom stereocenters. The lowest BCUT2D eigenvalue weighted by atomic mass is 10.4. The average molecular weight is 208 g/mol. The third-order valence-electron chi connectivity index (χ3n) is 1.52. The summed E-state index contributed by atoms with van der Waals surface area (Å²) in [4.78, 5) is 8.30. The Labute approximate surface area is 87.6 Å². The predicted molar refractivity (Wildman–Crippen MR) is 56.8 cm³/mol. The van der Waals surface area contributed by atoms with Crippen molar-refractivity contribution in [3.05, 3.63) is 11.8 Å². The molecule has 1 aromatic heterocycles. The Morgan fingerprint density at radius 3 is 3.00 bits per heavy atom. The number of anilines is 1. The molecule has 14 heavy (non-hydrogen) atoms. The number of nitrogens with zero attached hydrogens (tertiary/aromatic N) is 3. The van der Waals surface area contributed by atoms with E-state index in [0.717, 1.165) is 17.9 Å². The molecule has 0 bridgehead atoms. The van der Waals surface area contributed by atoms with Gasteiger partial charge in [-0.2, -0.15) is 5.26 Å². The molecule has 74 valence electrons. The zero-order valence-corrected chi connectivity index (χ0v) is 8.84. The van der Waals surface area contributed by atoms with E-state index in [9.17, 15) is 0 Å². The van der Waals surface area contributed by atoms with E-state index in [1.807, 2.05) is 6.92 Å². The average Bonchev–Trinajstić information content (AvgIpc) is 2.11. The zero-order chi connectivity index (χ0) is 10.4. The third-order valence-corrected chi connectivity index (χ3v) is 2.45. The SMILES string of the molecule is Cc1cc(N)nc(SCCCC#N)n1. The molecule has 0 spiro atoms. The minimum absolute atomic E-state index is 0.500. The number of nitriles is 1. The molecule has 0 aromatic carbocycles. The quantitative estimate of drug-likeness (QED) is 0.463. The molecule has 0 amide bonds. The summed E-state index contributed by atoms with van der Waals surface area (Å²) in [5.74, 6) is 1.36. The van der Waals surface area contributed by atoms with E-state index in [1.54, 1.807) is 6.07 Å². The number of nitrogens with two attached hydrogens (primary N) is 1. The van der Waals surface area contributed by atoms with Crippen molar-refractivity contribution in [1.29, 1.82) is 5.26 Å². The fourth-order valence-electron chi connectivity index (χ4n) is 0.944. The first-order valence-corrected chi connectivity index (χ1v) is 5.32. The van der Waals surface area contributed by atoms with E-state index in [-0.39, 0.29) is 0 Å². The van der Waals surface area contributed by atoms with Gasteiger partial charge in [0, 0.05) is 23.9 Å². The van der Waals surface area contributed by atoms with E-state index in [2.05, 4.69) is 16.0 Å². The fourth-order valence-corrected chi connectivity index (χ4v) is 1.79. The van der Waals surface area contributed by atoms with Gasteiger partial charge in [-0.3, -0.25) is 0 Å². The second kappa shape index (κ2) is 5.45. The van der Waals surface area contributed by atoms with Crippen LogP contribution in [0.25, 0.3) is 0 Å². The zero-order valence-electron chi connectivity index (χ0n) is 8.03. The fraction of sp³-hybridized carbons (Fsp3) is 0.444. The first kappa shape index (κ1) is 10.8. The van der Waals surface area contributed by atoms with Crippen molar-refractivity contribution in [2.75, 3.05) is 11.5 Å². The highest BCUT2D eigenvalue weighted by Gasteiger charge is 2.00. The monoisotopic (exact) mass is 208 g/mol. The van der Waals surface area contributed by atoms with Gasteiger partial charge in [0.05, 0.1) is 6.07 Å². The lowest BCUT2D eigenvalue weighted by Crippen LogP contribution is -1.96. The molecule has 0 saturated heterocycles. The van der Waals surface area contributed by atoms with Crippen LogP contribution in [-0.2, 0) is 0 Å². The number of unbranched alkanes of at least 4 members (excludes halogenated alkanes) is 1. The summed E-state index contributed by atoms with van der Waals surface area (Å²) < 4.78 is 0. The van der Waals surface area contributed by atoms with Crippen LogP contribution in [0, 0.1) is 18.3 Å². The smallest absolute Gasteiger partial charge is 0.189 e. The van der Waals surface area contributed by atoms with E-state index < -0.39 is 0 Å². The van der Waals surface area contributed by atoms with Gasteiger partial charge in [-0.1, -0.05) is 11.8 Å². The molecule has 1 aromatic rings. The van der Waals surface area contributed by atoms with Crippen molar-refractivity contribution in [3.63, 3.8) is 0 Å². The predicted octanol–water partition coefficient (Wildman–Crippen LogP) is 1.76. The summed E-state index contributed by atoms with van der Waals surface area (Å²) in [5, 5.41) is 9.04. The van der Waals surface area contributed by atoms with Crippen molar-refractivity contribution in [2.24, 2.45) is 0 Å². The maximum Gasteiger partial charge on any atom is 0.189 e. The van der Waals surface area contributed by atoms with Crippen molar-refractivity contribution < 1.29 is 0 Å². The van der Waals surface area contributed by atoms with Gasteiger partial charge in [-0.25, -0.2) is 9.97 Å². The van der Waals surface area contributed by atoms with Crippen molar-refractivity contribution in [3.8, 4) is 6.07 Å². The van der Waals surface area contributed by atoms with Gasteiger partial charge >= 0.3 is 0 Å². The van der Waals surface area contributed by atoms with E-state index in [4.69, 9.17) is 11.0 Å². The van der Waals surface area contributed by atoms with Gasteiger partial charge in [0.25, 0.3) is 0 Å². The molecule has 0 saturated carbocycles. The number of hydrogen-bond acceptors (Lipinski definition) is 5. The maximum absolute atomic E-state index is 8.34. The van der Waals surface area contributed by atoms with Crippen LogP contribution in [0.5, 0.6) is 0 Å². The molecule has 0 aliphatic carbocycles. The van der Waals surface area contributed by atoms with Crippen molar-refractivity contribution >= 4 is 17.6 Å². The minimum atomic E-state index is 0.500. The first-order valence-electron chi connectivity index (χ1n) is 4.33. The molecule has 5 heteroatoms. The number of aromatic nitrogens is 2. The third kappa shape index (κ3) is 3.62. The highest BCUT2D eigenvalue weighted by Crippen LogP contribution is 2.16. The van der Waals surface area contributed by atoms with Gasteiger partial charge < -0.3 is 5.73 Å². The normalized spacial score (nSPS) is 9.71. The van der Waals surface area contributed by atoms with E-state index in [0.29, 0.717) is 17.4 Å². The van der Waals surface area contributed by atoms with Crippen LogP contribution in [0.2, 0.25) is 0 Å². The Morgan fingerprint density at radius 1 is 1.57 bits per heavy atom. The molecular weight excluding hydrogens is 196 g/mol. The van der Waals surface area contributed by atoms with Crippen LogP contribution in [-0.4, -0.2) is 15.7 Å². The standard InChI is InChI=1S/C9H12N4S/c1-7-6-8(11)13-9(12-7)14-5-3-2-4-10/h6H,2-3,5H2,1H3,(H2,11,12,13). The lowest BCUT2D eigenvalue weighted by Gasteiger charge is -2.01. The second-order valence-electron chi connectivity index (χ2n) is 2.83. The van der Waals surface area contributed by atoms with Crippen LogP contribution in [0.3, 0.4) is 0 Å². The summed E-state index contributed by atoms with van der Waals surface area (Å²) in [6.45, 7) is 1.89. The molecule has 4 nitrogen and oxygen atoms in total. The van der Waals surface area contributed by atoms with Crippen LogP contribution < -0.4 is 5.73 Å². The number of thioether (sulfide) groups is 1. The Bertz CT molecular complexity index is 325. The summed E-state index contributed by atoms with van der Waals surface area (Å²) in [6.07, 6.45) is 1.44. The second-order valence-corrected chi connectivity index (χ2v) is 3.89. The summed E-state index contributed by atoms with van der Waals surface area (Å²) in [6, 6.07) is 3.83. The summed E-state index contributed by atoms with van der Waals surface area (Å²) in [5.41, 5.74) is 6.45. The highest BCUT2D eigenvalue weighted by atomic mass is 32.2. The van der Waals surface area contributed by atoms with Gasteiger partial charge in [0.2, 0.25) is 0 Å². The largest absolute Gasteiger partial charge is 0.384 e. The van der Waals surface area contributed by atoms with Crippen LogP contribution in [0.15, 0.2) is 11.2 Å². The molecule has 1 rings (SSSR count). The summed E-state index contributed by atoms with van der Waals surface area (Å²) in [7, 11) is 0. The van der Waals surface area contributed by atoms with E-state index in [1.165, 1.54) is 11.8 Å². The Morgan fingerprint density at radius 2 is 2.36 bits per heavy atom. The van der Waals surface area contributed by atoms with Gasteiger partial charge in [0.15, 0.2) is 5.16 Å². The molecule has 1 heterocycles. The molecule has 0 aliphatic rings. The Kier molecular flexibility index (Phi) is 4.20. The Hall–Kier alpha value is -1.28. The van der Waals surface area contributed by atoms with Crippen molar-refractivity contribution in [2.45, 2.75) is 24.9 Å². The van der Waals surface area contributed by atoms with Gasteiger partial charge in [0.1, 0.15) is 5.82 Å². The van der Waals surface area contributed by atoms with Crippen LogP contribution in [0.4, 0.5) is 5.82 Å². The first-order chi connectivity index (χ1) is 6.72. The molecule has 2 N–H and O–H groups in total. The number of aryl methyl sites for hydroxylation is 1. The summed E-state index contributed by atoms with van der Waals surface area (Å²) >= 11 is 1.54. The number of rotatable bonds is 4. The topological polar surface area (TPSA) is 75.6 Å². The van der Waals surface area contributed by atoms with Gasteiger partial charge in [-0.05, 0) is 13.3 Å². The van der Waals surface area contributed by atoms with Crippen LogP contribution in [0.1, 0.15) is 18.5 Å². The molecule has 0 unspecified atom stereocenters. The Balaban J connectivity index is 2.47. The molecule has 0 aliphatic heterocycles. The lowest BCUT2D eigenvalue weighted by molar-refractivity contribution is 0.927. The van der Waals surface area contributed by atoms with Crippen LogP contribution >= 0.6 is 11.8 Å². The van der Waals surface area contributed by atoms with Crippen molar-refractivity contribution in [1.82, 2.24) is 9.97 Å². The maximum atomic E-state index is 8.34. The molecule has 0 radical (unpaired) electrons. The molecular formula is C9H12N4S. The van der Waals surface area contributed by atoms with E-state index >= 15 is 0 Å². The number of nitrogen functional groups attached to an aromatic ring is 1. The number of hydrogen-bond donors (Lipinski definition) is 1. The van der Waals surface area contributed by atoms with Gasteiger partial charge in [-0.15, -0.1) is 0 Å². The minimum Gasteiger partial charge on any atom is -0.384 e. The highest BCUT2D eigenvalue weighted by molar-refractivity contribution is 7.99.